The number of carbonyl (C=O) groups is 2. The third kappa shape index (κ3) is 3.80. The van der Waals surface area contributed by atoms with Gasteiger partial charge in [-0.1, -0.05) is 38.1 Å². The summed E-state index contributed by atoms with van der Waals surface area (Å²) in [7, 11) is 0. The number of carbonyl (C=O) groups excluding carboxylic acids is 2. The number of benzene rings is 2. The zero-order chi connectivity index (χ0) is 23.3. The van der Waals surface area contributed by atoms with Crippen molar-refractivity contribution in [1.82, 2.24) is 5.32 Å². The molecule has 2 aliphatic heterocycles. The Morgan fingerprint density at radius 1 is 1.06 bits per heavy atom. The molecular formula is C27H28N2O4. The molecule has 2 aromatic carbocycles. The monoisotopic (exact) mass is 444 g/mol. The summed E-state index contributed by atoms with van der Waals surface area (Å²) in [4.78, 5) is 27.1. The molecular weight excluding hydrogens is 416 g/mol. The van der Waals surface area contributed by atoms with Gasteiger partial charge in [-0.3, -0.25) is 9.59 Å². The van der Waals surface area contributed by atoms with Crippen molar-refractivity contribution in [1.29, 1.82) is 0 Å². The molecule has 0 saturated carbocycles. The zero-order valence-electron chi connectivity index (χ0n) is 19.4. The maximum atomic E-state index is 13.7. The Balaban J connectivity index is 1.62. The van der Waals surface area contributed by atoms with Gasteiger partial charge >= 0.3 is 0 Å². The van der Waals surface area contributed by atoms with Crippen molar-refractivity contribution in [2.45, 2.75) is 46.5 Å². The molecule has 2 N–H and O–H groups in total. The van der Waals surface area contributed by atoms with E-state index in [2.05, 4.69) is 24.5 Å². The number of para-hydroxylation sites is 1. The minimum Gasteiger partial charge on any atom is -0.454 e. The van der Waals surface area contributed by atoms with Gasteiger partial charge in [0.15, 0.2) is 17.3 Å². The second-order valence-corrected chi connectivity index (χ2v) is 9.81. The van der Waals surface area contributed by atoms with Gasteiger partial charge in [0.1, 0.15) is 0 Å². The lowest BCUT2D eigenvalue weighted by Gasteiger charge is -2.39. The zero-order valence-corrected chi connectivity index (χ0v) is 19.4. The summed E-state index contributed by atoms with van der Waals surface area (Å²) in [5.41, 5.74) is 5.32. The van der Waals surface area contributed by atoms with E-state index in [1.54, 1.807) is 0 Å². The quantitative estimate of drug-likeness (QED) is 0.699. The van der Waals surface area contributed by atoms with Crippen LogP contribution in [-0.2, 0) is 9.59 Å². The van der Waals surface area contributed by atoms with Crippen LogP contribution < -0.4 is 20.1 Å². The first-order chi connectivity index (χ1) is 15.7. The minimum absolute atomic E-state index is 0.0742. The van der Waals surface area contributed by atoms with E-state index < -0.39 is 5.92 Å². The fraction of sp³-hybridized carbons (Fsp3) is 0.333. The average molecular weight is 445 g/mol. The number of anilines is 1. The molecule has 1 unspecified atom stereocenters. The molecule has 0 spiro atoms. The predicted molar refractivity (Wildman–Crippen MR) is 126 cm³/mol. The largest absolute Gasteiger partial charge is 0.454 e. The maximum absolute atomic E-state index is 13.7. The second-order valence-electron chi connectivity index (χ2n) is 9.81. The number of aryl methyl sites for hydroxylation is 1. The summed E-state index contributed by atoms with van der Waals surface area (Å²) in [5, 5.41) is 6.47. The third-order valence-electron chi connectivity index (χ3n) is 6.61. The number of allylic oxidation sites excluding steroid dienone is 3. The third-order valence-corrected chi connectivity index (χ3v) is 6.61. The number of ether oxygens (including phenoxy) is 2. The van der Waals surface area contributed by atoms with Crippen molar-refractivity contribution in [2.24, 2.45) is 5.41 Å². The molecule has 0 radical (unpaired) electrons. The number of rotatable bonds is 3. The number of hydrogen-bond acceptors (Lipinski definition) is 5. The molecule has 2 aromatic rings. The van der Waals surface area contributed by atoms with Crippen LogP contribution in [0.5, 0.6) is 11.5 Å². The number of hydrogen-bond donors (Lipinski definition) is 2. The standard InChI is InChI=1S/C27H28N2O4/c1-15-7-5-6-8-18(15)29-26(31)23-16(2)28-19-12-27(3,4)13-20(30)25(19)24(23)17-9-10-21-22(11-17)33-14-32-21/h5-11,24,28H,12-14H2,1-4H3,(H,29,31). The highest BCUT2D eigenvalue weighted by atomic mass is 16.7. The molecule has 0 aromatic heterocycles. The maximum Gasteiger partial charge on any atom is 0.254 e. The van der Waals surface area contributed by atoms with E-state index in [-0.39, 0.29) is 23.9 Å². The summed E-state index contributed by atoms with van der Waals surface area (Å²) >= 11 is 0. The van der Waals surface area contributed by atoms with Crippen LogP contribution in [0.2, 0.25) is 0 Å². The molecule has 1 aliphatic carbocycles. The van der Waals surface area contributed by atoms with Crippen LogP contribution in [0.3, 0.4) is 0 Å². The fourth-order valence-corrected chi connectivity index (χ4v) is 5.07. The van der Waals surface area contributed by atoms with E-state index in [0.29, 0.717) is 29.1 Å². The summed E-state index contributed by atoms with van der Waals surface area (Å²) in [5.74, 6) is 0.673. The van der Waals surface area contributed by atoms with Crippen molar-refractivity contribution < 1.29 is 19.1 Å². The van der Waals surface area contributed by atoms with Crippen LogP contribution in [0.25, 0.3) is 0 Å². The Morgan fingerprint density at radius 2 is 1.82 bits per heavy atom. The number of nitrogens with one attached hydrogen (secondary N) is 2. The lowest BCUT2D eigenvalue weighted by atomic mass is 9.68. The molecule has 0 fully saturated rings. The first-order valence-corrected chi connectivity index (χ1v) is 11.2. The Hall–Kier alpha value is -3.54. The van der Waals surface area contributed by atoms with Crippen molar-refractivity contribution >= 4 is 17.4 Å². The summed E-state index contributed by atoms with van der Waals surface area (Å²) < 4.78 is 11.1. The van der Waals surface area contributed by atoms with Gasteiger partial charge < -0.3 is 20.1 Å². The highest BCUT2D eigenvalue weighted by Gasteiger charge is 2.43. The molecule has 0 bridgehead atoms. The molecule has 2 heterocycles. The Labute approximate surface area is 193 Å². The number of Topliss-reactive ketones (excluding diaryl/α,β-unsaturated/α-hetero) is 1. The molecule has 1 atom stereocenters. The van der Waals surface area contributed by atoms with Crippen molar-refractivity contribution in [3.05, 3.63) is 76.1 Å². The molecule has 6 nitrogen and oxygen atoms in total. The summed E-state index contributed by atoms with van der Waals surface area (Å²) in [6.45, 7) is 8.24. The highest BCUT2D eigenvalue weighted by Crippen LogP contribution is 2.48. The summed E-state index contributed by atoms with van der Waals surface area (Å²) in [6.07, 6.45) is 1.19. The number of amides is 1. The molecule has 0 saturated heterocycles. The van der Waals surface area contributed by atoms with Gasteiger partial charge in [0.2, 0.25) is 6.79 Å². The molecule has 5 rings (SSSR count). The van der Waals surface area contributed by atoms with Gasteiger partial charge in [-0.2, -0.15) is 0 Å². The predicted octanol–water partition coefficient (Wildman–Crippen LogP) is 4.97. The second kappa shape index (κ2) is 7.80. The van der Waals surface area contributed by atoms with Crippen molar-refractivity contribution in [3.8, 4) is 11.5 Å². The van der Waals surface area contributed by atoms with Gasteiger partial charge in [0.05, 0.1) is 0 Å². The van der Waals surface area contributed by atoms with Gasteiger partial charge in [-0.05, 0) is 55.0 Å². The lowest BCUT2D eigenvalue weighted by molar-refractivity contribution is -0.118. The fourth-order valence-electron chi connectivity index (χ4n) is 5.07. The van der Waals surface area contributed by atoms with Crippen LogP contribution >= 0.6 is 0 Å². The molecule has 6 heteroatoms. The van der Waals surface area contributed by atoms with Crippen LogP contribution in [0.15, 0.2) is 65.0 Å². The lowest BCUT2D eigenvalue weighted by Crippen LogP contribution is -2.39. The average Bonchev–Trinajstić information content (AvgIpc) is 3.21. The molecule has 170 valence electrons. The van der Waals surface area contributed by atoms with Crippen LogP contribution in [0.1, 0.15) is 50.7 Å². The topological polar surface area (TPSA) is 76.7 Å². The Bertz CT molecular complexity index is 1240. The normalized spacial score (nSPS) is 21.0. The number of fused-ring (bicyclic) bond motifs is 1. The Kier molecular flexibility index (Phi) is 5.04. The summed E-state index contributed by atoms with van der Waals surface area (Å²) in [6, 6.07) is 13.3. The molecule has 3 aliphatic rings. The van der Waals surface area contributed by atoms with E-state index >= 15 is 0 Å². The first kappa shape index (κ1) is 21.3. The van der Waals surface area contributed by atoms with Gasteiger partial charge in [-0.25, -0.2) is 0 Å². The van der Waals surface area contributed by atoms with E-state index in [1.807, 2.05) is 56.3 Å². The smallest absolute Gasteiger partial charge is 0.254 e. The Morgan fingerprint density at radius 3 is 2.61 bits per heavy atom. The van der Waals surface area contributed by atoms with Crippen LogP contribution in [0.4, 0.5) is 5.69 Å². The van der Waals surface area contributed by atoms with Gasteiger partial charge in [0, 0.05) is 40.6 Å². The van der Waals surface area contributed by atoms with Crippen molar-refractivity contribution in [2.75, 3.05) is 12.1 Å². The minimum atomic E-state index is -0.483. The van der Waals surface area contributed by atoms with E-state index in [0.717, 1.165) is 34.6 Å². The SMILES string of the molecule is CC1=C(C(=O)Nc2ccccc2C)C(c2ccc3c(c2)OCO3)C2=C(CC(C)(C)CC2=O)N1. The van der Waals surface area contributed by atoms with Gasteiger partial charge in [0.25, 0.3) is 5.91 Å². The van der Waals surface area contributed by atoms with Crippen LogP contribution in [0, 0.1) is 12.3 Å². The first-order valence-electron chi connectivity index (χ1n) is 11.2. The van der Waals surface area contributed by atoms with E-state index in [4.69, 9.17) is 9.47 Å². The van der Waals surface area contributed by atoms with Crippen LogP contribution in [-0.4, -0.2) is 18.5 Å². The number of ketones is 1. The molecule has 1 amide bonds. The van der Waals surface area contributed by atoms with Crippen molar-refractivity contribution in [3.63, 3.8) is 0 Å². The van der Waals surface area contributed by atoms with Gasteiger partial charge in [-0.15, -0.1) is 0 Å². The van der Waals surface area contributed by atoms with E-state index in [9.17, 15) is 9.59 Å². The number of dihydropyridines is 1. The molecule has 33 heavy (non-hydrogen) atoms. The highest BCUT2D eigenvalue weighted by molar-refractivity contribution is 6.10. The van der Waals surface area contributed by atoms with E-state index in [1.165, 1.54) is 0 Å².